The molecule has 0 bridgehead atoms. The molecule has 0 aliphatic rings. The van der Waals surface area contributed by atoms with Crippen LogP contribution in [0.25, 0.3) is 0 Å². The largest absolute Gasteiger partial charge is 0.472 e. The van der Waals surface area contributed by atoms with E-state index < -0.39 is 97.5 Å². The molecule has 0 aromatic carbocycles. The average molecular weight is 1550 g/mol. The van der Waals surface area contributed by atoms with Crippen LogP contribution in [0.5, 0.6) is 0 Å². The van der Waals surface area contributed by atoms with Crippen LogP contribution < -0.4 is 0 Å². The summed E-state index contributed by atoms with van der Waals surface area (Å²) in [6, 6.07) is 0. The maximum Gasteiger partial charge on any atom is 0.472 e. The van der Waals surface area contributed by atoms with E-state index in [1.54, 1.807) is 0 Å². The summed E-state index contributed by atoms with van der Waals surface area (Å²) in [5.41, 5.74) is 0. The zero-order valence-electron chi connectivity index (χ0n) is 66.7. The van der Waals surface area contributed by atoms with Crippen molar-refractivity contribution in [2.24, 2.45) is 0 Å². The lowest BCUT2D eigenvalue weighted by Gasteiger charge is -2.21. The summed E-state index contributed by atoms with van der Waals surface area (Å²) in [5, 5.41) is 10.7. The highest BCUT2D eigenvalue weighted by Crippen LogP contribution is 2.45. The van der Waals surface area contributed by atoms with Gasteiger partial charge in [0.25, 0.3) is 0 Å². The zero-order chi connectivity index (χ0) is 78.9. The number of unbranched alkanes of at least 4 members (excludes halogenated alkanes) is 16. The van der Waals surface area contributed by atoms with Crippen LogP contribution in [-0.4, -0.2) is 96.7 Å². The second kappa shape index (κ2) is 79.0. The zero-order valence-corrected chi connectivity index (χ0v) is 68.5. The average Bonchev–Trinajstić information content (AvgIpc) is 0.906. The van der Waals surface area contributed by atoms with Crippen LogP contribution in [0.3, 0.4) is 0 Å². The molecule has 5 unspecified atom stereocenters. The van der Waals surface area contributed by atoms with E-state index in [9.17, 15) is 43.2 Å². The van der Waals surface area contributed by atoms with Gasteiger partial charge in [-0.05, 0) is 173 Å². The molecule has 0 aromatic heterocycles. The Morgan fingerprint density at radius 3 is 0.787 bits per heavy atom. The molecule has 0 rings (SSSR count). The van der Waals surface area contributed by atoms with E-state index in [-0.39, 0.29) is 25.7 Å². The van der Waals surface area contributed by atoms with Crippen LogP contribution in [0.4, 0.5) is 0 Å². The van der Waals surface area contributed by atoms with Crippen LogP contribution in [0.15, 0.2) is 194 Å². The molecule has 0 radical (unpaired) electrons. The molecule has 0 aliphatic carbocycles. The number of carbonyl (C=O) groups excluding carboxylic acids is 4. The van der Waals surface area contributed by atoms with Crippen molar-refractivity contribution in [3.63, 3.8) is 0 Å². The Kier molecular flexibility index (Phi) is 74.5. The minimum absolute atomic E-state index is 0.00439. The maximum absolute atomic E-state index is 13.1. The Bertz CT molecular complexity index is 2810. The van der Waals surface area contributed by atoms with Crippen molar-refractivity contribution in [2.75, 3.05) is 39.6 Å². The van der Waals surface area contributed by atoms with Crippen molar-refractivity contribution < 1.29 is 80.2 Å². The van der Waals surface area contributed by atoms with Gasteiger partial charge < -0.3 is 33.8 Å². The summed E-state index contributed by atoms with van der Waals surface area (Å²) < 4.78 is 68.5. The van der Waals surface area contributed by atoms with Gasteiger partial charge in [0.2, 0.25) is 0 Å². The van der Waals surface area contributed by atoms with E-state index in [1.165, 1.54) is 19.3 Å². The fraction of sp³-hybridized carbons (Fsp3) is 0.596. The number of phosphoric acid groups is 2. The van der Waals surface area contributed by atoms with E-state index >= 15 is 0 Å². The van der Waals surface area contributed by atoms with Crippen molar-refractivity contribution in [1.29, 1.82) is 0 Å². The van der Waals surface area contributed by atoms with Gasteiger partial charge >= 0.3 is 39.5 Å². The number of hydrogen-bond donors (Lipinski definition) is 3. The topological polar surface area (TPSA) is 237 Å². The number of phosphoric ester groups is 2. The molecule has 0 saturated carbocycles. The lowest BCUT2D eigenvalue weighted by molar-refractivity contribution is -0.161. The second-order valence-corrected chi connectivity index (χ2v) is 29.1. The number of rotatable bonds is 74. The monoisotopic (exact) mass is 1540 g/mol. The first-order valence-electron chi connectivity index (χ1n) is 40.7. The van der Waals surface area contributed by atoms with Crippen molar-refractivity contribution in [2.45, 2.75) is 303 Å². The van der Waals surface area contributed by atoms with Gasteiger partial charge in [-0.2, -0.15) is 0 Å². The highest BCUT2D eigenvalue weighted by atomic mass is 31.2. The second-order valence-electron chi connectivity index (χ2n) is 26.2. The predicted molar refractivity (Wildman–Crippen MR) is 445 cm³/mol. The number of hydrogen-bond acceptors (Lipinski definition) is 15. The minimum Gasteiger partial charge on any atom is -0.462 e. The first-order chi connectivity index (χ1) is 52.7. The maximum atomic E-state index is 13.1. The van der Waals surface area contributed by atoms with Crippen LogP contribution in [-0.2, 0) is 65.4 Å². The van der Waals surface area contributed by atoms with Gasteiger partial charge in [0, 0.05) is 25.7 Å². The van der Waals surface area contributed by atoms with Crippen molar-refractivity contribution in [3.8, 4) is 0 Å². The van der Waals surface area contributed by atoms with Crippen LogP contribution in [0, 0.1) is 0 Å². The number of esters is 4. The molecular weight excluding hydrogens is 1400 g/mol. The van der Waals surface area contributed by atoms with Gasteiger partial charge in [-0.3, -0.25) is 37.3 Å². The fourth-order valence-corrected chi connectivity index (χ4v) is 11.5. The van der Waals surface area contributed by atoms with E-state index in [0.29, 0.717) is 38.5 Å². The molecule has 19 heteroatoms. The van der Waals surface area contributed by atoms with Crippen LogP contribution >= 0.6 is 15.6 Å². The molecule has 610 valence electrons. The Morgan fingerprint density at radius 1 is 0.269 bits per heavy atom. The molecular formula is C89H142O17P2. The van der Waals surface area contributed by atoms with Crippen LogP contribution in [0.1, 0.15) is 285 Å². The van der Waals surface area contributed by atoms with E-state index in [0.717, 1.165) is 173 Å². The highest BCUT2D eigenvalue weighted by Gasteiger charge is 2.30. The Labute approximate surface area is 653 Å². The molecule has 108 heavy (non-hydrogen) atoms. The Balaban J connectivity index is 5.52. The number of aliphatic hydroxyl groups is 1. The number of allylic oxidation sites excluding steroid dienone is 32. The first kappa shape index (κ1) is 102. The first-order valence-corrected chi connectivity index (χ1v) is 43.7. The third-order valence-electron chi connectivity index (χ3n) is 16.0. The molecule has 0 saturated heterocycles. The Morgan fingerprint density at radius 2 is 0.491 bits per heavy atom. The molecule has 0 aromatic rings. The summed E-state index contributed by atoms with van der Waals surface area (Å²) in [4.78, 5) is 73.1. The fourth-order valence-electron chi connectivity index (χ4n) is 9.96. The summed E-state index contributed by atoms with van der Waals surface area (Å²) in [5.74, 6) is -2.36. The molecule has 0 spiro atoms. The van der Waals surface area contributed by atoms with Crippen molar-refractivity contribution >= 4 is 39.5 Å². The predicted octanol–water partition coefficient (Wildman–Crippen LogP) is 24.1. The van der Waals surface area contributed by atoms with E-state index in [4.69, 9.17) is 37.0 Å². The molecule has 0 fully saturated rings. The lowest BCUT2D eigenvalue weighted by Crippen LogP contribution is -2.30. The SMILES string of the molecule is CC/C=C\C/C=C\C/C=C\C/C=C\C/C=C\CCCC(=O)OCC(COP(=O)(O)OCC(O)COP(=O)(O)OCC(COC(=O)CCCCCCCC/C=C\C/C=C\C/C=C\CCCCC)OC(=O)CCC/C=C\C/C=C\C/C=C\C/C=C\C/C=C\CC)OC(=O)CCCCCCC/C=C\C/C=C\C/C=C\CC. The van der Waals surface area contributed by atoms with Gasteiger partial charge in [-0.25, -0.2) is 9.13 Å². The molecule has 17 nitrogen and oxygen atoms in total. The quantitative estimate of drug-likeness (QED) is 0.0169. The molecule has 5 atom stereocenters. The van der Waals surface area contributed by atoms with Gasteiger partial charge in [0.15, 0.2) is 12.2 Å². The summed E-state index contributed by atoms with van der Waals surface area (Å²) in [7, 11) is -10.0. The number of aliphatic hydroxyl groups excluding tert-OH is 1. The summed E-state index contributed by atoms with van der Waals surface area (Å²) in [6.07, 6.45) is 97.1. The minimum atomic E-state index is -5.01. The van der Waals surface area contributed by atoms with Gasteiger partial charge in [-0.1, -0.05) is 280 Å². The third-order valence-corrected chi connectivity index (χ3v) is 17.9. The van der Waals surface area contributed by atoms with Gasteiger partial charge in [0.1, 0.15) is 19.3 Å². The molecule has 3 N–H and O–H groups in total. The smallest absolute Gasteiger partial charge is 0.462 e. The highest BCUT2D eigenvalue weighted by molar-refractivity contribution is 7.47. The molecule has 0 aliphatic heterocycles. The van der Waals surface area contributed by atoms with Crippen molar-refractivity contribution in [3.05, 3.63) is 194 Å². The van der Waals surface area contributed by atoms with E-state index in [1.807, 2.05) is 24.3 Å². The summed E-state index contributed by atoms with van der Waals surface area (Å²) >= 11 is 0. The Hall–Kier alpha value is -6.10. The standard InChI is InChI=1S/C89H142O17P2/c1-5-9-13-17-21-25-29-33-37-40-41-44-47-50-54-58-62-66-70-74-87(92)100-80-85(106-89(94)76-72-68-64-60-56-52-48-43-39-35-31-27-23-19-15-11-7-3)82-104-108(97,98)102-78-83(90)77-101-107(95,96)103-81-84(105-88(93)75-71-67-63-59-55-51-45-36-32-28-24-20-16-12-8-4)79-99-86(91)73-69-65-61-57-53-49-46-42-38-34-30-26-22-18-14-10-6-2/h10-12,14-16,21-28,33-39,41,44-46,48-49,52,57,60-61,64,83-85,90H,5-9,13,17-20,29-32,40,42-43,47,50-51,53-56,58-59,62-63,65-82H2,1-4H3,(H,95,96)(H,97,98)/b14-10-,15-11-,16-12-,25-21-,26-22-,27-23-,28-24-,37-33-,38-34-,39-35-,44-41-,45-36-,49-46-,52-48-,61-57-,64-60-. The van der Waals surface area contributed by atoms with E-state index in [2.05, 4.69) is 198 Å². The molecule has 0 heterocycles. The molecule has 0 amide bonds. The number of ether oxygens (including phenoxy) is 4. The lowest BCUT2D eigenvalue weighted by atomic mass is 10.1. The van der Waals surface area contributed by atoms with Crippen LogP contribution in [0.2, 0.25) is 0 Å². The summed E-state index contributed by atoms with van der Waals surface area (Å²) in [6.45, 7) is 4.32. The normalized spacial score (nSPS) is 14.8. The van der Waals surface area contributed by atoms with Crippen molar-refractivity contribution in [1.82, 2.24) is 0 Å². The van der Waals surface area contributed by atoms with Gasteiger partial charge in [-0.15, -0.1) is 0 Å². The van der Waals surface area contributed by atoms with Gasteiger partial charge in [0.05, 0.1) is 26.4 Å². The number of carbonyl (C=O) groups is 4. The third kappa shape index (κ3) is 78.0.